The van der Waals surface area contributed by atoms with Gasteiger partial charge in [-0.25, -0.2) is 4.98 Å². The predicted octanol–water partition coefficient (Wildman–Crippen LogP) is 6.00. The first-order chi connectivity index (χ1) is 14.2. The molecule has 1 N–H and O–H groups in total. The fourth-order valence-corrected chi connectivity index (χ4v) is 5.73. The van der Waals surface area contributed by atoms with E-state index in [1.807, 2.05) is 36.0 Å². The lowest BCUT2D eigenvalue weighted by Gasteiger charge is -2.33. The van der Waals surface area contributed by atoms with Crippen molar-refractivity contribution in [3.63, 3.8) is 0 Å². The molecule has 1 aliphatic heterocycles. The Bertz CT molecular complexity index is 826. The Morgan fingerprint density at radius 2 is 1.93 bits per heavy atom. The summed E-state index contributed by atoms with van der Waals surface area (Å²) >= 11 is 1.94. The molecule has 1 aliphatic carbocycles. The van der Waals surface area contributed by atoms with Gasteiger partial charge in [-0.3, -0.25) is 4.79 Å². The van der Waals surface area contributed by atoms with Crippen LogP contribution in [0.2, 0.25) is 0 Å². The van der Waals surface area contributed by atoms with Crippen molar-refractivity contribution in [1.82, 2.24) is 4.98 Å². The van der Waals surface area contributed by atoms with Gasteiger partial charge in [-0.2, -0.15) is 0 Å². The van der Waals surface area contributed by atoms with Crippen LogP contribution >= 0.6 is 11.8 Å². The molecule has 1 aromatic carbocycles. The van der Waals surface area contributed by atoms with Gasteiger partial charge in [-0.1, -0.05) is 32.3 Å². The Hall–Kier alpha value is -2.01. The van der Waals surface area contributed by atoms with E-state index in [4.69, 9.17) is 0 Å². The third kappa shape index (κ3) is 5.13. The van der Waals surface area contributed by atoms with Gasteiger partial charge < -0.3 is 10.2 Å². The molecule has 2 heterocycles. The van der Waals surface area contributed by atoms with E-state index < -0.39 is 0 Å². The highest BCUT2D eigenvalue weighted by Gasteiger charge is 2.23. The van der Waals surface area contributed by atoms with Gasteiger partial charge in [0.25, 0.3) is 5.91 Å². The number of nitrogens with zero attached hydrogens (tertiary/aromatic N) is 2. The summed E-state index contributed by atoms with van der Waals surface area (Å²) in [5.41, 5.74) is 1.52. The molecule has 4 nitrogen and oxygen atoms in total. The minimum absolute atomic E-state index is 0.0752. The van der Waals surface area contributed by atoms with Crippen molar-refractivity contribution in [2.75, 3.05) is 23.3 Å². The van der Waals surface area contributed by atoms with Crippen LogP contribution in [0.1, 0.15) is 62.2 Å². The Morgan fingerprint density at radius 3 is 2.69 bits per heavy atom. The van der Waals surface area contributed by atoms with Gasteiger partial charge in [-0.05, 0) is 61.9 Å². The molecule has 2 fully saturated rings. The van der Waals surface area contributed by atoms with E-state index in [0.717, 1.165) is 35.8 Å². The second-order valence-electron chi connectivity index (χ2n) is 8.22. The number of nitrogens with one attached hydrogen (secondary N) is 1. The van der Waals surface area contributed by atoms with Gasteiger partial charge in [0, 0.05) is 35.1 Å². The summed E-state index contributed by atoms with van der Waals surface area (Å²) in [4.78, 5) is 21.1. The zero-order valence-electron chi connectivity index (χ0n) is 17.3. The van der Waals surface area contributed by atoms with E-state index >= 15 is 0 Å². The number of piperidine rings is 1. The summed E-state index contributed by atoms with van der Waals surface area (Å²) in [7, 11) is 0. The normalized spacial score (nSPS) is 18.2. The van der Waals surface area contributed by atoms with Crippen molar-refractivity contribution in [2.24, 2.45) is 5.92 Å². The molecule has 0 spiro atoms. The summed E-state index contributed by atoms with van der Waals surface area (Å²) in [5, 5.41) is 3.82. The fourth-order valence-electron chi connectivity index (χ4n) is 4.42. The molecular formula is C24H31N3OS. The molecule has 154 valence electrons. The van der Waals surface area contributed by atoms with Crippen LogP contribution in [0.25, 0.3) is 0 Å². The zero-order chi connectivity index (χ0) is 20.1. The predicted molar refractivity (Wildman–Crippen MR) is 122 cm³/mol. The Balaban J connectivity index is 1.45. The lowest BCUT2D eigenvalue weighted by atomic mass is 9.94. The highest BCUT2D eigenvalue weighted by atomic mass is 32.2. The van der Waals surface area contributed by atoms with E-state index in [-0.39, 0.29) is 5.91 Å². The standard InChI is InChI=1S/C24H31N3OS/c1-2-18-12-15-27(16-13-18)23-22(11-6-14-25-23)24(28)26-19-7-5-10-21(17-19)29-20-8-3-4-9-20/h5-7,10-11,14,17-18,20H,2-4,8-9,12-13,15-16H2,1H3,(H,26,28). The quantitative estimate of drug-likeness (QED) is 0.636. The smallest absolute Gasteiger partial charge is 0.259 e. The van der Waals surface area contributed by atoms with Gasteiger partial charge >= 0.3 is 0 Å². The fraction of sp³-hybridized carbons (Fsp3) is 0.500. The number of anilines is 2. The number of thioether (sulfide) groups is 1. The lowest BCUT2D eigenvalue weighted by molar-refractivity contribution is 0.102. The maximum absolute atomic E-state index is 13.1. The monoisotopic (exact) mass is 409 g/mol. The summed E-state index contributed by atoms with van der Waals surface area (Å²) in [6.07, 6.45) is 10.7. The van der Waals surface area contributed by atoms with Crippen LogP contribution in [0.3, 0.4) is 0 Å². The molecule has 1 saturated heterocycles. The molecule has 0 atom stereocenters. The molecule has 0 unspecified atom stereocenters. The van der Waals surface area contributed by atoms with Gasteiger partial charge in [0.05, 0.1) is 5.56 Å². The van der Waals surface area contributed by atoms with Crippen molar-refractivity contribution in [3.8, 4) is 0 Å². The largest absolute Gasteiger partial charge is 0.356 e. The second-order valence-corrected chi connectivity index (χ2v) is 9.59. The summed E-state index contributed by atoms with van der Waals surface area (Å²) in [6, 6.07) is 12.0. The molecular weight excluding hydrogens is 378 g/mol. The van der Waals surface area contributed by atoms with Gasteiger partial charge in [0.1, 0.15) is 5.82 Å². The number of carbonyl (C=O) groups excluding carboxylic acids is 1. The maximum atomic E-state index is 13.1. The number of aromatic nitrogens is 1. The van der Waals surface area contributed by atoms with Gasteiger partial charge in [-0.15, -0.1) is 11.8 Å². The molecule has 1 saturated carbocycles. The Morgan fingerprint density at radius 1 is 1.14 bits per heavy atom. The molecule has 0 bridgehead atoms. The zero-order valence-corrected chi connectivity index (χ0v) is 18.1. The number of hydrogen-bond donors (Lipinski definition) is 1. The Kier molecular flexibility index (Phi) is 6.75. The SMILES string of the molecule is CCC1CCN(c2ncccc2C(=O)Nc2cccc(SC3CCCC3)c2)CC1. The van der Waals surface area contributed by atoms with Crippen LogP contribution < -0.4 is 10.2 Å². The van der Waals surface area contributed by atoms with Crippen LogP contribution in [0, 0.1) is 5.92 Å². The molecule has 29 heavy (non-hydrogen) atoms. The van der Waals surface area contributed by atoms with E-state index in [1.165, 1.54) is 49.8 Å². The molecule has 5 heteroatoms. The first-order valence-electron chi connectivity index (χ1n) is 11.0. The second kappa shape index (κ2) is 9.66. The molecule has 1 amide bonds. The summed E-state index contributed by atoms with van der Waals surface area (Å²) in [5.74, 6) is 1.54. The maximum Gasteiger partial charge on any atom is 0.259 e. The third-order valence-electron chi connectivity index (χ3n) is 6.22. The van der Waals surface area contributed by atoms with Crippen LogP contribution in [0.5, 0.6) is 0 Å². The first-order valence-corrected chi connectivity index (χ1v) is 11.9. The molecule has 2 aromatic rings. The molecule has 1 aromatic heterocycles. The third-order valence-corrected chi connectivity index (χ3v) is 7.55. The first kappa shape index (κ1) is 20.3. The molecule has 2 aliphatic rings. The van der Waals surface area contributed by atoms with Crippen LogP contribution in [-0.4, -0.2) is 29.2 Å². The van der Waals surface area contributed by atoms with Gasteiger partial charge in [0.15, 0.2) is 0 Å². The number of carbonyl (C=O) groups is 1. The number of hydrogen-bond acceptors (Lipinski definition) is 4. The van der Waals surface area contributed by atoms with E-state index in [0.29, 0.717) is 5.56 Å². The van der Waals surface area contributed by atoms with Crippen molar-refractivity contribution in [1.29, 1.82) is 0 Å². The highest BCUT2D eigenvalue weighted by molar-refractivity contribution is 8.00. The van der Waals surface area contributed by atoms with E-state index in [9.17, 15) is 4.79 Å². The van der Waals surface area contributed by atoms with Crippen molar-refractivity contribution >= 4 is 29.2 Å². The average Bonchev–Trinajstić information content (AvgIpc) is 3.27. The Labute approximate surface area is 178 Å². The number of pyridine rings is 1. The highest BCUT2D eigenvalue weighted by Crippen LogP contribution is 2.35. The van der Waals surface area contributed by atoms with Crippen LogP contribution in [-0.2, 0) is 0 Å². The van der Waals surface area contributed by atoms with E-state index in [2.05, 4.69) is 34.3 Å². The minimum atomic E-state index is -0.0752. The summed E-state index contributed by atoms with van der Waals surface area (Å²) in [6.45, 7) is 4.21. The minimum Gasteiger partial charge on any atom is -0.356 e. The van der Waals surface area contributed by atoms with Crippen molar-refractivity contribution < 1.29 is 4.79 Å². The van der Waals surface area contributed by atoms with Crippen LogP contribution in [0.15, 0.2) is 47.5 Å². The molecule has 0 radical (unpaired) electrons. The van der Waals surface area contributed by atoms with E-state index in [1.54, 1.807) is 6.20 Å². The van der Waals surface area contributed by atoms with Gasteiger partial charge in [0.2, 0.25) is 0 Å². The summed E-state index contributed by atoms with van der Waals surface area (Å²) < 4.78 is 0. The van der Waals surface area contributed by atoms with Crippen molar-refractivity contribution in [2.45, 2.75) is 62.0 Å². The number of amides is 1. The topological polar surface area (TPSA) is 45.2 Å². The lowest BCUT2D eigenvalue weighted by Crippen LogP contribution is -2.35. The average molecular weight is 410 g/mol. The number of benzene rings is 1. The van der Waals surface area contributed by atoms with Crippen molar-refractivity contribution in [3.05, 3.63) is 48.2 Å². The molecule has 4 rings (SSSR count). The number of rotatable bonds is 6. The van der Waals surface area contributed by atoms with Crippen LogP contribution in [0.4, 0.5) is 11.5 Å².